The molecule has 0 amide bonds. The Balaban J connectivity index is 1.19. The van der Waals surface area contributed by atoms with Gasteiger partial charge >= 0.3 is 0 Å². The van der Waals surface area contributed by atoms with Crippen LogP contribution in [-0.2, 0) is 5.41 Å². The zero-order chi connectivity index (χ0) is 33.8. The van der Waals surface area contributed by atoms with Gasteiger partial charge in [0.2, 0.25) is 0 Å². The first-order valence-corrected chi connectivity index (χ1v) is 17.9. The van der Waals surface area contributed by atoms with Crippen LogP contribution < -0.4 is 0 Å². The molecule has 0 radical (unpaired) electrons. The summed E-state index contributed by atoms with van der Waals surface area (Å²) in [6, 6.07) is 62.9. The van der Waals surface area contributed by atoms with Crippen molar-refractivity contribution in [2.45, 2.75) is 19.3 Å². The van der Waals surface area contributed by atoms with Crippen LogP contribution in [0, 0.1) is 0 Å². The van der Waals surface area contributed by atoms with Gasteiger partial charge in [-0.2, -0.15) is 0 Å². The van der Waals surface area contributed by atoms with Crippen LogP contribution in [0.3, 0.4) is 0 Å². The number of fused-ring (bicyclic) bond motifs is 11. The predicted molar refractivity (Wildman–Crippen MR) is 216 cm³/mol. The Morgan fingerprint density at radius 2 is 0.980 bits per heavy atom. The minimum absolute atomic E-state index is 0.0196. The molecule has 0 saturated carbocycles. The summed E-state index contributed by atoms with van der Waals surface area (Å²) in [6.07, 6.45) is 0. The van der Waals surface area contributed by atoms with Crippen LogP contribution in [0.5, 0.6) is 0 Å². The van der Waals surface area contributed by atoms with Crippen molar-refractivity contribution in [2.75, 3.05) is 0 Å². The summed E-state index contributed by atoms with van der Waals surface area (Å²) < 4.78 is 4.94. The van der Waals surface area contributed by atoms with Gasteiger partial charge in [0, 0.05) is 38.2 Å². The third-order valence-corrected chi connectivity index (χ3v) is 11.5. The third kappa shape index (κ3) is 3.88. The summed E-state index contributed by atoms with van der Waals surface area (Å²) in [5.74, 6) is 0. The SMILES string of the molecule is CC1(C)c2ccccc2-c2cc(-c3ccccc3-n3c4ccccc4c4c5c6ccccc6n(-c6ccc7ccccc7c6)c5ccc43)ccc21. The van der Waals surface area contributed by atoms with Crippen molar-refractivity contribution < 1.29 is 0 Å². The fraction of sp³-hybridized carbons (Fsp3) is 0.0612. The van der Waals surface area contributed by atoms with E-state index in [-0.39, 0.29) is 5.41 Å². The Hall–Kier alpha value is -6.38. The van der Waals surface area contributed by atoms with E-state index in [1.807, 2.05) is 0 Å². The molecule has 51 heavy (non-hydrogen) atoms. The van der Waals surface area contributed by atoms with E-state index in [1.165, 1.54) is 99.1 Å². The molecule has 1 aliphatic rings. The van der Waals surface area contributed by atoms with Crippen LogP contribution in [-0.4, -0.2) is 9.13 Å². The molecule has 2 heteroatoms. The van der Waals surface area contributed by atoms with E-state index in [9.17, 15) is 0 Å². The van der Waals surface area contributed by atoms with E-state index in [0.717, 1.165) is 0 Å². The number of hydrogen-bond donors (Lipinski definition) is 0. The first kappa shape index (κ1) is 28.5. The van der Waals surface area contributed by atoms with Crippen molar-refractivity contribution in [2.24, 2.45) is 0 Å². The van der Waals surface area contributed by atoms with E-state index < -0.39 is 0 Å². The van der Waals surface area contributed by atoms with Crippen molar-refractivity contribution in [3.05, 3.63) is 181 Å². The van der Waals surface area contributed by atoms with Crippen LogP contribution in [0.15, 0.2) is 170 Å². The second kappa shape index (κ2) is 10.3. The van der Waals surface area contributed by atoms with Crippen LogP contribution in [0.25, 0.3) is 88.0 Å². The molecule has 2 aromatic heterocycles. The monoisotopic (exact) mass is 650 g/mol. The Kier molecular flexibility index (Phi) is 5.76. The van der Waals surface area contributed by atoms with E-state index in [4.69, 9.17) is 0 Å². The maximum Gasteiger partial charge on any atom is 0.0549 e. The molecule has 1 aliphatic carbocycles. The third-order valence-electron chi connectivity index (χ3n) is 11.5. The minimum Gasteiger partial charge on any atom is -0.309 e. The van der Waals surface area contributed by atoms with E-state index in [2.05, 4.69) is 193 Å². The number of para-hydroxylation sites is 3. The molecule has 0 bridgehead atoms. The molecular weight excluding hydrogens is 617 g/mol. The van der Waals surface area contributed by atoms with Gasteiger partial charge in [-0.05, 0) is 87.1 Å². The van der Waals surface area contributed by atoms with Crippen LogP contribution >= 0.6 is 0 Å². The average molecular weight is 651 g/mol. The quantitative estimate of drug-likeness (QED) is 0.180. The van der Waals surface area contributed by atoms with Crippen LogP contribution in [0.4, 0.5) is 0 Å². The summed E-state index contributed by atoms with van der Waals surface area (Å²) in [4.78, 5) is 0. The van der Waals surface area contributed by atoms with Gasteiger partial charge < -0.3 is 9.13 Å². The standard InChI is InChI=1S/C49H34N2/c1-49(2)40-19-9-5-16-36(40)39-30-33(24-26-41(39)49)35-15-6-10-20-42(35)51-44-22-12-8-18-38(44)48-46(51)28-27-45-47(48)37-17-7-11-21-43(37)50(45)34-25-23-31-13-3-4-14-32(31)29-34/h3-30H,1-2H3. The number of aromatic nitrogens is 2. The highest BCUT2D eigenvalue weighted by Crippen LogP contribution is 2.50. The molecule has 0 unspecified atom stereocenters. The first-order valence-electron chi connectivity index (χ1n) is 17.9. The number of nitrogens with zero attached hydrogens (tertiary/aromatic N) is 2. The van der Waals surface area contributed by atoms with Gasteiger partial charge in [0.15, 0.2) is 0 Å². The van der Waals surface area contributed by atoms with E-state index in [1.54, 1.807) is 0 Å². The Morgan fingerprint density at radius 1 is 0.392 bits per heavy atom. The molecule has 10 aromatic rings. The minimum atomic E-state index is -0.0196. The maximum atomic E-state index is 2.49. The average Bonchev–Trinajstić information content (AvgIpc) is 3.78. The van der Waals surface area contributed by atoms with Gasteiger partial charge in [-0.25, -0.2) is 0 Å². The van der Waals surface area contributed by atoms with Gasteiger partial charge in [-0.15, -0.1) is 0 Å². The predicted octanol–water partition coefficient (Wildman–Crippen LogP) is 13.0. The van der Waals surface area contributed by atoms with Gasteiger partial charge in [0.05, 0.1) is 27.8 Å². The number of hydrogen-bond acceptors (Lipinski definition) is 0. The van der Waals surface area contributed by atoms with Gasteiger partial charge in [0.25, 0.3) is 0 Å². The first-order chi connectivity index (χ1) is 25.1. The summed E-state index contributed by atoms with van der Waals surface area (Å²) in [7, 11) is 0. The second-order valence-electron chi connectivity index (χ2n) is 14.5. The molecule has 2 heterocycles. The number of rotatable bonds is 3. The zero-order valence-electron chi connectivity index (χ0n) is 28.6. The highest BCUT2D eigenvalue weighted by atomic mass is 15.0. The fourth-order valence-electron chi connectivity index (χ4n) is 9.17. The molecule has 0 saturated heterocycles. The summed E-state index contributed by atoms with van der Waals surface area (Å²) in [6.45, 7) is 4.70. The Labute approximate surface area is 296 Å². The maximum absolute atomic E-state index is 2.49. The van der Waals surface area contributed by atoms with Crippen molar-refractivity contribution in [1.82, 2.24) is 9.13 Å². The highest BCUT2D eigenvalue weighted by Gasteiger charge is 2.35. The summed E-state index contributed by atoms with van der Waals surface area (Å²) in [5.41, 5.74) is 15.1. The normalized spacial score (nSPS) is 13.5. The van der Waals surface area contributed by atoms with Crippen molar-refractivity contribution in [1.29, 1.82) is 0 Å². The lowest BCUT2D eigenvalue weighted by Gasteiger charge is -2.21. The lowest BCUT2D eigenvalue weighted by atomic mass is 9.82. The van der Waals surface area contributed by atoms with E-state index >= 15 is 0 Å². The van der Waals surface area contributed by atoms with Crippen molar-refractivity contribution in [3.63, 3.8) is 0 Å². The molecular formula is C49H34N2. The smallest absolute Gasteiger partial charge is 0.0549 e. The summed E-state index contributed by atoms with van der Waals surface area (Å²) >= 11 is 0. The fourth-order valence-corrected chi connectivity index (χ4v) is 9.17. The zero-order valence-corrected chi connectivity index (χ0v) is 28.6. The highest BCUT2D eigenvalue weighted by molar-refractivity contribution is 6.29. The molecule has 0 atom stereocenters. The van der Waals surface area contributed by atoms with Crippen molar-refractivity contribution in [3.8, 4) is 33.6 Å². The molecule has 240 valence electrons. The Morgan fingerprint density at radius 3 is 1.76 bits per heavy atom. The van der Waals surface area contributed by atoms with Gasteiger partial charge in [-0.3, -0.25) is 0 Å². The summed E-state index contributed by atoms with van der Waals surface area (Å²) in [5, 5.41) is 7.61. The Bertz CT molecular complexity index is 3060. The molecule has 2 nitrogen and oxygen atoms in total. The molecule has 0 aliphatic heterocycles. The van der Waals surface area contributed by atoms with E-state index in [0.29, 0.717) is 0 Å². The van der Waals surface area contributed by atoms with Crippen molar-refractivity contribution >= 4 is 54.4 Å². The second-order valence-corrected chi connectivity index (χ2v) is 14.5. The molecule has 8 aromatic carbocycles. The largest absolute Gasteiger partial charge is 0.309 e. The molecule has 0 spiro atoms. The molecule has 11 rings (SSSR count). The topological polar surface area (TPSA) is 9.86 Å². The molecule has 0 fully saturated rings. The van der Waals surface area contributed by atoms with Gasteiger partial charge in [0.1, 0.15) is 0 Å². The lowest BCUT2D eigenvalue weighted by Crippen LogP contribution is -2.14. The van der Waals surface area contributed by atoms with Gasteiger partial charge in [-0.1, -0.05) is 135 Å². The lowest BCUT2D eigenvalue weighted by molar-refractivity contribution is 0.660. The van der Waals surface area contributed by atoms with Crippen LogP contribution in [0.1, 0.15) is 25.0 Å². The molecule has 0 N–H and O–H groups in total. The number of benzene rings is 8. The van der Waals surface area contributed by atoms with Crippen LogP contribution in [0.2, 0.25) is 0 Å².